The molecule has 0 amide bonds. The van der Waals surface area contributed by atoms with Gasteiger partial charge in [0.1, 0.15) is 12.3 Å². The van der Waals surface area contributed by atoms with Crippen LogP contribution in [0.25, 0.3) is 0 Å². The van der Waals surface area contributed by atoms with Gasteiger partial charge in [-0.05, 0) is 37.8 Å². The molecule has 2 aromatic rings. The van der Waals surface area contributed by atoms with Gasteiger partial charge in [-0.2, -0.15) is 10.1 Å². The van der Waals surface area contributed by atoms with Gasteiger partial charge in [-0.15, -0.1) is 0 Å². The molecule has 0 unspecified atom stereocenters. The van der Waals surface area contributed by atoms with Crippen molar-refractivity contribution in [3.05, 3.63) is 42.0 Å². The van der Waals surface area contributed by atoms with E-state index >= 15 is 0 Å². The van der Waals surface area contributed by atoms with Gasteiger partial charge in [-0.25, -0.2) is 9.38 Å². The van der Waals surface area contributed by atoms with Crippen LogP contribution >= 0.6 is 0 Å². The first kappa shape index (κ1) is 18.3. The number of benzene rings is 1. The lowest BCUT2D eigenvalue weighted by Crippen LogP contribution is -2.58. The summed E-state index contributed by atoms with van der Waals surface area (Å²) in [6.07, 6.45) is 8.26. The quantitative estimate of drug-likeness (QED) is 0.839. The lowest BCUT2D eigenvalue weighted by Gasteiger charge is -2.45. The second-order valence-corrected chi connectivity index (χ2v) is 7.24. The summed E-state index contributed by atoms with van der Waals surface area (Å²) in [5.41, 5.74) is 12.9. The normalized spacial score (nSPS) is 18.7. The van der Waals surface area contributed by atoms with Crippen LogP contribution < -0.4 is 21.1 Å². The van der Waals surface area contributed by atoms with Gasteiger partial charge in [0.05, 0.1) is 6.20 Å². The number of hydrogen-bond acceptors (Lipinski definition) is 7. The van der Waals surface area contributed by atoms with Crippen molar-refractivity contribution in [3.8, 4) is 5.75 Å². The molecule has 9 heteroatoms. The Bertz CT molecular complexity index is 930. The van der Waals surface area contributed by atoms with E-state index in [1.54, 1.807) is 27.9 Å². The van der Waals surface area contributed by atoms with Crippen LogP contribution in [0.3, 0.4) is 0 Å². The standard InChI is InChI=1S/C19H24FN7O/c1-26-11-13(10-23-26)12-28-16-6-5-14(9-15(16)20)27-18(22)24-17(21)25-19(27)7-3-2-4-8-19/h5-6,9-11H,2-4,7-8,12H2,1H3,(H4,21,22,24,25). The van der Waals surface area contributed by atoms with Gasteiger partial charge in [-0.1, -0.05) is 6.42 Å². The maximum Gasteiger partial charge on any atom is 0.220 e. The molecule has 0 atom stereocenters. The van der Waals surface area contributed by atoms with Gasteiger partial charge in [0, 0.05) is 30.6 Å². The fourth-order valence-electron chi connectivity index (χ4n) is 3.95. The second-order valence-electron chi connectivity index (χ2n) is 7.24. The molecule has 4 N–H and O–H groups in total. The van der Waals surface area contributed by atoms with E-state index in [2.05, 4.69) is 15.1 Å². The molecule has 4 rings (SSSR count). The van der Waals surface area contributed by atoms with Crippen molar-refractivity contribution in [2.45, 2.75) is 44.4 Å². The first-order valence-electron chi connectivity index (χ1n) is 9.36. The summed E-state index contributed by atoms with van der Waals surface area (Å²) < 4.78 is 22.0. The van der Waals surface area contributed by atoms with Crippen molar-refractivity contribution in [2.75, 3.05) is 4.90 Å². The van der Waals surface area contributed by atoms with Crippen molar-refractivity contribution in [2.24, 2.45) is 28.5 Å². The van der Waals surface area contributed by atoms with Crippen molar-refractivity contribution in [1.82, 2.24) is 9.78 Å². The Morgan fingerprint density at radius 1 is 1.21 bits per heavy atom. The molecule has 2 aliphatic rings. The number of anilines is 1. The van der Waals surface area contributed by atoms with Crippen LogP contribution in [0.1, 0.15) is 37.7 Å². The molecule has 1 aromatic heterocycles. The number of nitrogens with zero attached hydrogens (tertiary/aromatic N) is 5. The highest BCUT2D eigenvalue weighted by Crippen LogP contribution is 2.40. The first-order chi connectivity index (χ1) is 13.5. The van der Waals surface area contributed by atoms with E-state index in [1.807, 2.05) is 13.2 Å². The molecule has 1 fully saturated rings. The Balaban J connectivity index is 1.59. The van der Waals surface area contributed by atoms with Gasteiger partial charge in [0.25, 0.3) is 0 Å². The van der Waals surface area contributed by atoms with Crippen LogP contribution in [0.15, 0.2) is 40.6 Å². The predicted octanol–water partition coefficient (Wildman–Crippen LogP) is 2.25. The maximum absolute atomic E-state index is 14.8. The smallest absolute Gasteiger partial charge is 0.220 e. The van der Waals surface area contributed by atoms with Crippen LogP contribution in [0, 0.1) is 5.82 Å². The number of nitrogens with two attached hydrogens (primary N) is 2. The molecule has 0 radical (unpaired) electrons. The monoisotopic (exact) mass is 385 g/mol. The second kappa shape index (κ2) is 7.14. The number of halogens is 1. The van der Waals surface area contributed by atoms with Crippen LogP contribution in [0.5, 0.6) is 5.75 Å². The summed E-state index contributed by atoms with van der Waals surface area (Å²) in [6, 6.07) is 4.79. The van der Waals surface area contributed by atoms with E-state index in [0.717, 1.165) is 37.7 Å². The SMILES string of the molecule is Cn1cc(COc2ccc(N3C(N)=NC(N)=NC34CCCCC4)cc2F)cn1. The third-order valence-corrected chi connectivity index (χ3v) is 5.18. The molecule has 1 aromatic carbocycles. The van der Waals surface area contributed by atoms with Crippen LogP contribution in [0.2, 0.25) is 0 Å². The van der Waals surface area contributed by atoms with E-state index in [-0.39, 0.29) is 24.3 Å². The van der Waals surface area contributed by atoms with E-state index < -0.39 is 11.5 Å². The average Bonchev–Trinajstić information content (AvgIpc) is 3.06. The van der Waals surface area contributed by atoms with Crippen LogP contribution in [-0.2, 0) is 13.7 Å². The molecule has 0 saturated heterocycles. The fourth-order valence-corrected chi connectivity index (χ4v) is 3.95. The molecule has 1 aliphatic heterocycles. The summed E-state index contributed by atoms with van der Waals surface area (Å²) in [6.45, 7) is 0.238. The van der Waals surface area contributed by atoms with Crippen molar-refractivity contribution in [1.29, 1.82) is 0 Å². The number of ether oxygens (including phenoxy) is 1. The molecular formula is C19H24FN7O. The Labute approximate surface area is 162 Å². The van der Waals surface area contributed by atoms with E-state index in [0.29, 0.717) is 5.69 Å². The third-order valence-electron chi connectivity index (χ3n) is 5.18. The van der Waals surface area contributed by atoms with Gasteiger partial charge in [0.15, 0.2) is 11.6 Å². The molecule has 1 saturated carbocycles. The number of rotatable bonds is 4. The maximum atomic E-state index is 14.8. The van der Waals surface area contributed by atoms with Gasteiger partial charge >= 0.3 is 0 Å². The van der Waals surface area contributed by atoms with Crippen molar-refractivity contribution in [3.63, 3.8) is 0 Å². The summed E-state index contributed by atoms with van der Waals surface area (Å²) in [5, 5.41) is 4.08. The van der Waals surface area contributed by atoms with E-state index in [4.69, 9.17) is 16.2 Å². The molecule has 0 bridgehead atoms. The topological polar surface area (TPSA) is 107 Å². The zero-order valence-electron chi connectivity index (χ0n) is 15.8. The highest BCUT2D eigenvalue weighted by molar-refractivity contribution is 6.05. The minimum absolute atomic E-state index is 0.167. The van der Waals surface area contributed by atoms with Crippen molar-refractivity contribution < 1.29 is 9.13 Å². The van der Waals surface area contributed by atoms with Gasteiger partial charge in [-0.3, -0.25) is 9.58 Å². The zero-order chi connectivity index (χ0) is 19.7. The lowest BCUT2D eigenvalue weighted by molar-refractivity contribution is 0.289. The predicted molar refractivity (Wildman–Crippen MR) is 105 cm³/mol. The highest BCUT2D eigenvalue weighted by atomic mass is 19.1. The molecule has 1 spiro atoms. The zero-order valence-corrected chi connectivity index (χ0v) is 15.8. The molecule has 8 nitrogen and oxygen atoms in total. The Kier molecular flexibility index (Phi) is 4.66. The number of aliphatic imine (C=N–C) groups is 2. The van der Waals surface area contributed by atoms with Gasteiger partial charge in [0.2, 0.25) is 11.9 Å². The molecule has 148 valence electrons. The Morgan fingerprint density at radius 3 is 2.68 bits per heavy atom. The summed E-state index contributed by atoms with van der Waals surface area (Å²) in [4.78, 5) is 10.5. The number of aromatic nitrogens is 2. The minimum Gasteiger partial charge on any atom is -0.486 e. The van der Waals surface area contributed by atoms with Crippen molar-refractivity contribution >= 4 is 17.6 Å². The molecule has 2 heterocycles. The summed E-state index contributed by atoms with van der Waals surface area (Å²) in [5.74, 6) is 0.105. The number of aryl methyl sites for hydroxylation is 1. The minimum atomic E-state index is -0.599. The van der Waals surface area contributed by atoms with Crippen LogP contribution in [0.4, 0.5) is 10.1 Å². The summed E-state index contributed by atoms with van der Waals surface area (Å²) in [7, 11) is 1.82. The Hall–Kier alpha value is -3.10. The third kappa shape index (κ3) is 3.39. The lowest BCUT2D eigenvalue weighted by atomic mass is 9.87. The van der Waals surface area contributed by atoms with E-state index in [9.17, 15) is 4.39 Å². The molecule has 28 heavy (non-hydrogen) atoms. The molecular weight excluding hydrogens is 361 g/mol. The fraction of sp³-hybridized carbons (Fsp3) is 0.421. The number of hydrogen-bond donors (Lipinski definition) is 2. The summed E-state index contributed by atoms with van der Waals surface area (Å²) >= 11 is 0. The largest absolute Gasteiger partial charge is 0.486 e. The average molecular weight is 385 g/mol. The van der Waals surface area contributed by atoms with E-state index in [1.165, 1.54) is 6.07 Å². The Morgan fingerprint density at radius 2 is 2.00 bits per heavy atom. The van der Waals surface area contributed by atoms with Crippen LogP contribution in [-0.4, -0.2) is 27.4 Å². The van der Waals surface area contributed by atoms with Gasteiger partial charge < -0.3 is 16.2 Å². The number of guanidine groups is 2. The first-order valence-corrected chi connectivity index (χ1v) is 9.36. The highest BCUT2D eigenvalue weighted by Gasteiger charge is 2.42. The molecule has 1 aliphatic carbocycles.